The van der Waals surface area contributed by atoms with Crippen molar-refractivity contribution in [3.63, 3.8) is 0 Å². The summed E-state index contributed by atoms with van der Waals surface area (Å²) in [5.74, 6) is 0.679. The zero-order valence-corrected chi connectivity index (χ0v) is 12.9. The number of nitrogens with two attached hydrogens (primary N) is 1. The van der Waals surface area contributed by atoms with Crippen molar-refractivity contribution in [1.82, 2.24) is 10.3 Å². The highest BCUT2D eigenvalue weighted by atomic mass is 32.2. The van der Waals surface area contributed by atoms with Crippen LogP contribution in [-0.2, 0) is 11.3 Å². The second-order valence-corrected chi connectivity index (χ2v) is 5.58. The van der Waals surface area contributed by atoms with Crippen molar-refractivity contribution in [2.75, 3.05) is 12.0 Å². The second kappa shape index (κ2) is 8.01. The molecule has 0 aromatic carbocycles. The Labute approximate surface area is 123 Å². The minimum Gasteiger partial charge on any atom is -0.349 e. The molecule has 1 aromatic heterocycles. The van der Waals surface area contributed by atoms with Crippen molar-refractivity contribution in [1.29, 1.82) is 0 Å². The summed E-state index contributed by atoms with van der Waals surface area (Å²) in [6.45, 7) is 3.62. The van der Waals surface area contributed by atoms with Gasteiger partial charge in [-0.2, -0.15) is 11.8 Å². The molecule has 5 nitrogen and oxygen atoms in total. The van der Waals surface area contributed by atoms with E-state index in [2.05, 4.69) is 10.3 Å². The standard InChI is InChI=1S/C14H21N3O2S/c1-9-12(10(2)18)5-4-11(17-9)8-16-14(19)13(15)6-7-20-3/h4-5,13H,6-8,15H2,1-3H3,(H,16,19). The molecule has 110 valence electrons. The second-order valence-electron chi connectivity index (χ2n) is 4.60. The van der Waals surface area contributed by atoms with E-state index >= 15 is 0 Å². The van der Waals surface area contributed by atoms with Crippen LogP contribution in [0.2, 0.25) is 0 Å². The molecule has 0 aliphatic rings. The summed E-state index contributed by atoms with van der Waals surface area (Å²) in [5, 5.41) is 2.76. The van der Waals surface area contributed by atoms with Crippen LogP contribution >= 0.6 is 11.8 Å². The maximum Gasteiger partial charge on any atom is 0.237 e. The number of rotatable bonds is 7. The Kier molecular flexibility index (Phi) is 6.67. The van der Waals surface area contributed by atoms with Gasteiger partial charge >= 0.3 is 0 Å². The van der Waals surface area contributed by atoms with Crippen LogP contribution < -0.4 is 11.1 Å². The monoisotopic (exact) mass is 295 g/mol. The normalized spacial score (nSPS) is 12.0. The molecule has 1 atom stereocenters. The molecule has 0 bridgehead atoms. The van der Waals surface area contributed by atoms with Crippen molar-refractivity contribution >= 4 is 23.5 Å². The van der Waals surface area contributed by atoms with Crippen LogP contribution in [0.15, 0.2) is 12.1 Å². The number of nitrogens with zero attached hydrogens (tertiary/aromatic N) is 1. The van der Waals surface area contributed by atoms with Crippen LogP contribution in [0.3, 0.4) is 0 Å². The lowest BCUT2D eigenvalue weighted by Crippen LogP contribution is -2.40. The van der Waals surface area contributed by atoms with Gasteiger partial charge in [0.05, 0.1) is 18.3 Å². The Morgan fingerprint density at radius 3 is 2.70 bits per heavy atom. The van der Waals surface area contributed by atoms with E-state index in [-0.39, 0.29) is 11.7 Å². The SMILES string of the molecule is CSCCC(N)C(=O)NCc1ccc(C(C)=O)c(C)n1. The molecule has 1 unspecified atom stereocenters. The summed E-state index contributed by atoms with van der Waals surface area (Å²) in [6, 6.07) is 3.00. The van der Waals surface area contributed by atoms with Crippen molar-refractivity contribution < 1.29 is 9.59 Å². The number of hydrogen-bond acceptors (Lipinski definition) is 5. The fraction of sp³-hybridized carbons (Fsp3) is 0.500. The third-order valence-electron chi connectivity index (χ3n) is 2.94. The van der Waals surface area contributed by atoms with Crippen LogP contribution in [0.4, 0.5) is 0 Å². The molecule has 0 aliphatic heterocycles. The van der Waals surface area contributed by atoms with E-state index in [0.717, 1.165) is 11.4 Å². The lowest BCUT2D eigenvalue weighted by atomic mass is 10.1. The molecule has 0 spiro atoms. The third kappa shape index (κ3) is 4.94. The molecular formula is C14H21N3O2S. The van der Waals surface area contributed by atoms with Crippen LogP contribution in [-0.4, -0.2) is 34.7 Å². The van der Waals surface area contributed by atoms with Gasteiger partial charge in [-0.25, -0.2) is 0 Å². The smallest absolute Gasteiger partial charge is 0.237 e. The lowest BCUT2D eigenvalue weighted by Gasteiger charge is -2.12. The number of pyridine rings is 1. The number of amides is 1. The summed E-state index contributed by atoms with van der Waals surface area (Å²) < 4.78 is 0. The number of carbonyl (C=O) groups excluding carboxylic acids is 2. The van der Waals surface area contributed by atoms with Crippen molar-refractivity contribution in [2.24, 2.45) is 5.73 Å². The van der Waals surface area contributed by atoms with Crippen molar-refractivity contribution in [3.05, 3.63) is 29.1 Å². The first-order valence-corrected chi connectivity index (χ1v) is 7.84. The van der Waals surface area contributed by atoms with E-state index in [0.29, 0.717) is 24.2 Å². The van der Waals surface area contributed by atoms with Gasteiger partial charge in [0.1, 0.15) is 0 Å². The number of thioether (sulfide) groups is 1. The maximum atomic E-state index is 11.8. The fourth-order valence-electron chi connectivity index (χ4n) is 1.77. The summed E-state index contributed by atoms with van der Waals surface area (Å²) in [7, 11) is 0. The Bertz CT molecular complexity index is 491. The third-order valence-corrected chi connectivity index (χ3v) is 3.58. The predicted molar refractivity (Wildman–Crippen MR) is 81.8 cm³/mol. The van der Waals surface area contributed by atoms with Crippen LogP contribution in [0.5, 0.6) is 0 Å². The molecule has 20 heavy (non-hydrogen) atoms. The summed E-state index contributed by atoms with van der Waals surface area (Å²) in [5.41, 5.74) is 7.78. The van der Waals surface area contributed by atoms with Gasteiger partial charge < -0.3 is 11.1 Å². The molecular weight excluding hydrogens is 274 g/mol. The number of nitrogens with one attached hydrogen (secondary N) is 1. The highest BCUT2D eigenvalue weighted by Gasteiger charge is 2.13. The molecule has 1 rings (SSSR count). The molecule has 0 saturated heterocycles. The van der Waals surface area contributed by atoms with Crippen LogP contribution in [0.1, 0.15) is 35.1 Å². The van der Waals surface area contributed by atoms with Gasteiger partial charge in [-0.05, 0) is 44.4 Å². The molecule has 6 heteroatoms. The first kappa shape index (κ1) is 16.7. The summed E-state index contributed by atoms with van der Waals surface area (Å²) >= 11 is 1.66. The Hall–Kier alpha value is -1.40. The van der Waals surface area contributed by atoms with Gasteiger partial charge in [-0.15, -0.1) is 0 Å². The van der Waals surface area contributed by atoms with E-state index in [1.165, 1.54) is 6.92 Å². The highest BCUT2D eigenvalue weighted by Crippen LogP contribution is 2.07. The highest BCUT2D eigenvalue weighted by molar-refractivity contribution is 7.98. The number of ketones is 1. The van der Waals surface area contributed by atoms with E-state index in [1.54, 1.807) is 30.8 Å². The van der Waals surface area contributed by atoms with Gasteiger partial charge in [0, 0.05) is 11.3 Å². The molecule has 0 fully saturated rings. The van der Waals surface area contributed by atoms with Crippen molar-refractivity contribution in [3.8, 4) is 0 Å². The Morgan fingerprint density at radius 2 is 2.15 bits per heavy atom. The minimum absolute atomic E-state index is 0.00956. The van der Waals surface area contributed by atoms with Gasteiger partial charge in [0.25, 0.3) is 0 Å². The quantitative estimate of drug-likeness (QED) is 0.740. The van der Waals surface area contributed by atoms with Gasteiger partial charge in [0.15, 0.2) is 5.78 Å². The minimum atomic E-state index is -0.486. The van der Waals surface area contributed by atoms with E-state index in [4.69, 9.17) is 5.73 Å². The average molecular weight is 295 g/mol. The molecule has 0 radical (unpaired) electrons. The maximum absolute atomic E-state index is 11.8. The van der Waals surface area contributed by atoms with Crippen LogP contribution in [0.25, 0.3) is 0 Å². The van der Waals surface area contributed by atoms with Gasteiger partial charge in [-0.3, -0.25) is 14.6 Å². The Balaban J connectivity index is 2.55. The number of aromatic nitrogens is 1. The molecule has 0 aliphatic carbocycles. The molecule has 1 heterocycles. The predicted octanol–water partition coefficient (Wildman–Crippen LogP) is 1.29. The summed E-state index contributed by atoms with van der Waals surface area (Å²) in [4.78, 5) is 27.4. The first-order valence-electron chi connectivity index (χ1n) is 6.45. The molecule has 1 aromatic rings. The lowest BCUT2D eigenvalue weighted by molar-refractivity contribution is -0.122. The van der Waals surface area contributed by atoms with E-state index < -0.39 is 6.04 Å². The number of aryl methyl sites for hydroxylation is 1. The topological polar surface area (TPSA) is 85.1 Å². The van der Waals surface area contributed by atoms with Crippen LogP contribution in [0, 0.1) is 6.92 Å². The zero-order valence-electron chi connectivity index (χ0n) is 12.1. The molecule has 0 saturated carbocycles. The van der Waals surface area contributed by atoms with Gasteiger partial charge in [-0.1, -0.05) is 0 Å². The van der Waals surface area contributed by atoms with E-state index in [1.807, 2.05) is 6.26 Å². The van der Waals surface area contributed by atoms with Crippen molar-refractivity contribution in [2.45, 2.75) is 32.9 Å². The number of carbonyl (C=O) groups is 2. The molecule has 1 amide bonds. The zero-order chi connectivity index (χ0) is 15.1. The average Bonchev–Trinajstić information content (AvgIpc) is 2.41. The Morgan fingerprint density at radius 1 is 1.45 bits per heavy atom. The van der Waals surface area contributed by atoms with E-state index in [9.17, 15) is 9.59 Å². The molecule has 3 N–H and O–H groups in total. The summed E-state index contributed by atoms with van der Waals surface area (Å²) in [6.07, 6.45) is 2.64. The fourth-order valence-corrected chi connectivity index (χ4v) is 2.26. The number of hydrogen-bond donors (Lipinski definition) is 2. The largest absolute Gasteiger partial charge is 0.349 e. The first-order chi connectivity index (χ1) is 9.45. The van der Waals surface area contributed by atoms with Gasteiger partial charge in [0.2, 0.25) is 5.91 Å². The number of Topliss-reactive ketones (excluding diaryl/α,β-unsaturated/α-hetero) is 1.